The van der Waals surface area contributed by atoms with E-state index in [1.807, 2.05) is 0 Å². The van der Waals surface area contributed by atoms with Crippen LogP contribution in [-0.4, -0.2) is 46.8 Å². The van der Waals surface area contributed by atoms with Gasteiger partial charge in [0.2, 0.25) is 0 Å². The third kappa shape index (κ3) is 4.82. The SMILES string of the molecule is CN(CC(F)(F)F)C(=O)Nc1ccc(C(=O)O)nc1. The molecule has 6 nitrogen and oxygen atoms in total. The van der Waals surface area contributed by atoms with Gasteiger partial charge in [0.15, 0.2) is 0 Å². The molecule has 1 rings (SSSR count). The lowest BCUT2D eigenvalue weighted by molar-refractivity contribution is -0.137. The number of amides is 2. The normalized spacial score (nSPS) is 10.9. The van der Waals surface area contributed by atoms with E-state index in [0.717, 1.165) is 19.3 Å². The fourth-order valence-electron chi connectivity index (χ4n) is 1.15. The number of nitrogens with one attached hydrogen (secondary N) is 1. The molecule has 0 aliphatic heterocycles. The van der Waals surface area contributed by atoms with E-state index in [2.05, 4.69) is 10.3 Å². The zero-order chi connectivity index (χ0) is 14.6. The van der Waals surface area contributed by atoms with Gasteiger partial charge in [0.1, 0.15) is 12.2 Å². The highest BCUT2D eigenvalue weighted by Gasteiger charge is 2.31. The Hall–Kier alpha value is -2.32. The van der Waals surface area contributed by atoms with Crippen molar-refractivity contribution in [3.63, 3.8) is 0 Å². The molecule has 1 heterocycles. The highest BCUT2D eigenvalue weighted by atomic mass is 19.4. The molecule has 1 aromatic rings. The highest BCUT2D eigenvalue weighted by Crippen LogP contribution is 2.16. The molecular formula is C10H10F3N3O3. The number of carboxylic acid groups (broad SMARTS) is 1. The molecule has 0 aromatic carbocycles. The molecule has 9 heteroatoms. The van der Waals surface area contributed by atoms with E-state index in [1.54, 1.807) is 0 Å². The fraction of sp³-hybridized carbons (Fsp3) is 0.300. The number of rotatable bonds is 3. The summed E-state index contributed by atoms with van der Waals surface area (Å²) in [4.78, 5) is 25.9. The summed E-state index contributed by atoms with van der Waals surface area (Å²) in [6.45, 7) is -1.39. The number of aromatic nitrogens is 1. The van der Waals surface area contributed by atoms with Crippen molar-refractivity contribution in [2.45, 2.75) is 6.18 Å². The van der Waals surface area contributed by atoms with Gasteiger partial charge >= 0.3 is 18.2 Å². The summed E-state index contributed by atoms with van der Waals surface area (Å²) in [7, 11) is 0.988. The molecule has 0 radical (unpaired) electrons. The largest absolute Gasteiger partial charge is 0.477 e. The topological polar surface area (TPSA) is 82.5 Å². The molecule has 0 fully saturated rings. The predicted molar refractivity (Wildman–Crippen MR) is 58.9 cm³/mol. The molecular weight excluding hydrogens is 267 g/mol. The first kappa shape index (κ1) is 14.7. The first-order valence-electron chi connectivity index (χ1n) is 4.97. The molecule has 19 heavy (non-hydrogen) atoms. The molecule has 0 spiro atoms. The number of hydrogen-bond donors (Lipinski definition) is 2. The lowest BCUT2D eigenvalue weighted by atomic mass is 10.3. The minimum Gasteiger partial charge on any atom is -0.477 e. The second-order valence-electron chi connectivity index (χ2n) is 3.64. The summed E-state index contributed by atoms with van der Waals surface area (Å²) in [5, 5.41) is 10.8. The van der Waals surface area contributed by atoms with E-state index < -0.39 is 24.7 Å². The number of halogens is 3. The summed E-state index contributed by atoms with van der Waals surface area (Å²) < 4.78 is 36.1. The number of urea groups is 1. The van der Waals surface area contributed by atoms with Crippen LogP contribution in [0.1, 0.15) is 10.5 Å². The summed E-state index contributed by atoms with van der Waals surface area (Å²) in [5.41, 5.74) is -0.134. The van der Waals surface area contributed by atoms with E-state index in [9.17, 15) is 22.8 Å². The molecule has 1 aromatic heterocycles. The molecule has 0 aliphatic carbocycles. The zero-order valence-electron chi connectivity index (χ0n) is 9.73. The van der Waals surface area contributed by atoms with Crippen LogP contribution in [0.5, 0.6) is 0 Å². The number of pyridine rings is 1. The number of hydrogen-bond acceptors (Lipinski definition) is 3. The number of carboxylic acids is 1. The Morgan fingerprint density at radius 2 is 2.05 bits per heavy atom. The number of nitrogens with zero attached hydrogens (tertiary/aromatic N) is 2. The minimum atomic E-state index is -4.49. The van der Waals surface area contributed by atoms with Gasteiger partial charge in [-0.05, 0) is 12.1 Å². The number of aromatic carboxylic acids is 1. The van der Waals surface area contributed by atoms with Gasteiger partial charge in [0, 0.05) is 7.05 Å². The fourth-order valence-corrected chi connectivity index (χ4v) is 1.15. The number of alkyl halides is 3. The van der Waals surface area contributed by atoms with Crippen molar-refractivity contribution in [1.29, 1.82) is 0 Å². The van der Waals surface area contributed by atoms with Crippen molar-refractivity contribution < 1.29 is 27.9 Å². The lowest BCUT2D eigenvalue weighted by Crippen LogP contribution is -2.38. The second kappa shape index (κ2) is 5.55. The summed E-state index contributed by atoms with van der Waals surface area (Å²) in [6.07, 6.45) is -3.44. The standard InChI is InChI=1S/C10H10F3N3O3/c1-16(5-10(11,12)13)9(19)15-6-2-3-7(8(17)18)14-4-6/h2-4H,5H2,1H3,(H,15,19)(H,17,18). The summed E-state index contributed by atoms with van der Waals surface area (Å²) in [5.74, 6) is -1.24. The average molecular weight is 277 g/mol. The van der Waals surface area contributed by atoms with Crippen molar-refractivity contribution in [3.8, 4) is 0 Å². The zero-order valence-corrected chi connectivity index (χ0v) is 9.73. The van der Waals surface area contributed by atoms with Crippen molar-refractivity contribution in [3.05, 3.63) is 24.0 Å². The first-order chi connectivity index (χ1) is 8.69. The first-order valence-corrected chi connectivity index (χ1v) is 4.97. The molecule has 0 unspecified atom stereocenters. The second-order valence-corrected chi connectivity index (χ2v) is 3.64. The van der Waals surface area contributed by atoms with Crippen molar-refractivity contribution in [2.75, 3.05) is 18.9 Å². The Kier molecular flexibility index (Phi) is 4.30. The average Bonchev–Trinajstić information content (AvgIpc) is 2.27. The van der Waals surface area contributed by atoms with Crippen LogP contribution in [0.4, 0.5) is 23.7 Å². The van der Waals surface area contributed by atoms with Crippen LogP contribution in [0.3, 0.4) is 0 Å². The van der Waals surface area contributed by atoms with Gasteiger partial charge in [-0.1, -0.05) is 0 Å². The smallest absolute Gasteiger partial charge is 0.406 e. The molecule has 2 amide bonds. The van der Waals surface area contributed by atoms with E-state index in [4.69, 9.17) is 5.11 Å². The Balaban J connectivity index is 2.64. The maximum Gasteiger partial charge on any atom is 0.406 e. The highest BCUT2D eigenvalue weighted by molar-refractivity contribution is 5.90. The van der Waals surface area contributed by atoms with E-state index >= 15 is 0 Å². The van der Waals surface area contributed by atoms with Crippen LogP contribution >= 0.6 is 0 Å². The van der Waals surface area contributed by atoms with Gasteiger partial charge in [-0.2, -0.15) is 13.2 Å². The Morgan fingerprint density at radius 3 is 2.47 bits per heavy atom. The van der Waals surface area contributed by atoms with Gasteiger partial charge in [-0.25, -0.2) is 14.6 Å². The van der Waals surface area contributed by atoms with Gasteiger partial charge in [-0.3, -0.25) is 0 Å². The summed E-state index contributed by atoms with van der Waals surface area (Å²) >= 11 is 0. The van der Waals surface area contributed by atoms with Crippen molar-refractivity contribution in [1.82, 2.24) is 9.88 Å². The Morgan fingerprint density at radius 1 is 1.42 bits per heavy atom. The molecule has 2 N–H and O–H groups in total. The molecule has 0 aliphatic rings. The molecule has 0 saturated carbocycles. The number of carbonyl (C=O) groups excluding carboxylic acids is 1. The van der Waals surface area contributed by atoms with Gasteiger partial charge in [0.25, 0.3) is 0 Å². The van der Waals surface area contributed by atoms with E-state index in [-0.39, 0.29) is 11.4 Å². The third-order valence-corrected chi connectivity index (χ3v) is 2.00. The predicted octanol–water partition coefficient (Wildman–Crippen LogP) is 1.81. The Bertz CT molecular complexity index is 473. The quantitative estimate of drug-likeness (QED) is 0.882. The van der Waals surface area contributed by atoms with Crippen LogP contribution in [0.2, 0.25) is 0 Å². The van der Waals surface area contributed by atoms with Crippen LogP contribution in [0.15, 0.2) is 18.3 Å². The monoisotopic (exact) mass is 277 g/mol. The molecule has 0 atom stereocenters. The van der Waals surface area contributed by atoms with Crippen LogP contribution < -0.4 is 5.32 Å². The maximum atomic E-state index is 12.0. The van der Waals surface area contributed by atoms with Crippen molar-refractivity contribution >= 4 is 17.7 Å². The van der Waals surface area contributed by atoms with E-state index in [1.165, 1.54) is 6.07 Å². The minimum absolute atomic E-state index is 0.101. The van der Waals surface area contributed by atoms with Gasteiger partial charge in [-0.15, -0.1) is 0 Å². The number of anilines is 1. The summed E-state index contributed by atoms with van der Waals surface area (Å²) in [6, 6.07) is 1.39. The molecule has 104 valence electrons. The van der Waals surface area contributed by atoms with Crippen LogP contribution in [-0.2, 0) is 0 Å². The van der Waals surface area contributed by atoms with Gasteiger partial charge < -0.3 is 15.3 Å². The maximum absolute atomic E-state index is 12.0. The number of carbonyl (C=O) groups is 2. The molecule has 0 saturated heterocycles. The van der Waals surface area contributed by atoms with E-state index in [0.29, 0.717) is 4.90 Å². The Labute approximate surface area is 105 Å². The lowest BCUT2D eigenvalue weighted by Gasteiger charge is -2.19. The molecule has 0 bridgehead atoms. The van der Waals surface area contributed by atoms with Crippen LogP contribution in [0, 0.1) is 0 Å². The van der Waals surface area contributed by atoms with Crippen LogP contribution in [0.25, 0.3) is 0 Å². The van der Waals surface area contributed by atoms with Crippen molar-refractivity contribution in [2.24, 2.45) is 0 Å². The third-order valence-electron chi connectivity index (χ3n) is 2.00. The van der Waals surface area contributed by atoms with Gasteiger partial charge in [0.05, 0.1) is 11.9 Å².